The number of hydrogen-bond acceptors (Lipinski definition) is 4. The number of ether oxygens (including phenoxy) is 1. The standard InChI is InChI=1S/C18H25ClN2O3S/c1-12(2)8-9-20-17(23)15-11-25-18(21(15)16(22)10-24-3)13-6-4-5-7-14(13)19/h4-7,12,15,18H,8-11H2,1-3H3,(H,20,23). The highest BCUT2D eigenvalue weighted by Crippen LogP contribution is 2.43. The Labute approximate surface area is 158 Å². The topological polar surface area (TPSA) is 58.6 Å². The van der Waals surface area contributed by atoms with E-state index in [1.807, 2.05) is 18.2 Å². The van der Waals surface area contributed by atoms with Crippen molar-refractivity contribution in [3.05, 3.63) is 34.9 Å². The summed E-state index contributed by atoms with van der Waals surface area (Å²) >= 11 is 7.87. The third-order valence-electron chi connectivity index (χ3n) is 4.05. The molecule has 138 valence electrons. The molecule has 1 saturated heterocycles. The second-order valence-corrected chi connectivity index (χ2v) is 7.95. The molecule has 2 rings (SSSR count). The zero-order chi connectivity index (χ0) is 18.4. The van der Waals surface area contributed by atoms with E-state index in [-0.39, 0.29) is 23.8 Å². The fourth-order valence-corrected chi connectivity index (χ4v) is 4.52. The van der Waals surface area contributed by atoms with Crippen molar-refractivity contribution < 1.29 is 14.3 Å². The molecule has 0 spiro atoms. The van der Waals surface area contributed by atoms with Gasteiger partial charge in [-0.05, 0) is 18.4 Å². The molecule has 1 heterocycles. The lowest BCUT2D eigenvalue weighted by atomic mass is 10.1. The molecule has 1 N–H and O–H groups in total. The van der Waals surface area contributed by atoms with Crippen LogP contribution >= 0.6 is 23.4 Å². The van der Waals surface area contributed by atoms with Gasteiger partial charge in [0.15, 0.2) is 0 Å². The number of thioether (sulfide) groups is 1. The lowest BCUT2D eigenvalue weighted by molar-refractivity contribution is -0.142. The van der Waals surface area contributed by atoms with Crippen LogP contribution in [0.5, 0.6) is 0 Å². The molecule has 0 aromatic heterocycles. The molecular weight excluding hydrogens is 360 g/mol. The number of rotatable bonds is 7. The number of methoxy groups -OCH3 is 1. The van der Waals surface area contributed by atoms with Crippen LogP contribution in [0.15, 0.2) is 24.3 Å². The zero-order valence-corrected chi connectivity index (χ0v) is 16.4. The number of nitrogens with zero attached hydrogens (tertiary/aromatic N) is 1. The molecule has 7 heteroatoms. The number of benzene rings is 1. The quantitative estimate of drug-likeness (QED) is 0.784. The molecule has 25 heavy (non-hydrogen) atoms. The van der Waals surface area contributed by atoms with Crippen LogP contribution in [0.25, 0.3) is 0 Å². The smallest absolute Gasteiger partial charge is 0.250 e. The normalized spacial score (nSPS) is 20.1. The molecular formula is C18H25ClN2O3S. The van der Waals surface area contributed by atoms with Crippen molar-refractivity contribution in [2.24, 2.45) is 5.92 Å². The maximum atomic E-state index is 12.6. The predicted molar refractivity (Wildman–Crippen MR) is 102 cm³/mol. The third kappa shape index (κ3) is 5.12. The van der Waals surface area contributed by atoms with Crippen LogP contribution in [0, 0.1) is 5.92 Å². The maximum Gasteiger partial charge on any atom is 0.250 e. The summed E-state index contributed by atoms with van der Waals surface area (Å²) in [6, 6.07) is 6.92. The van der Waals surface area contributed by atoms with Crippen LogP contribution in [0.3, 0.4) is 0 Å². The first-order chi connectivity index (χ1) is 12.0. The van der Waals surface area contributed by atoms with Crippen LogP contribution < -0.4 is 5.32 Å². The monoisotopic (exact) mass is 384 g/mol. The van der Waals surface area contributed by atoms with E-state index in [2.05, 4.69) is 19.2 Å². The Kier molecular flexibility index (Phi) is 7.59. The third-order valence-corrected chi connectivity index (χ3v) is 5.70. The van der Waals surface area contributed by atoms with Crippen molar-refractivity contribution in [3.63, 3.8) is 0 Å². The van der Waals surface area contributed by atoms with Gasteiger partial charge in [-0.15, -0.1) is 11.8 Å². The molecule has 1 aliphatic heterocycles. The molecule has 2 unspecified atom stereocenters. The number of hydrogen-bond donors (Lipinski definition) is 1. The van der Waals surface area contributed by atoms with Gasteiger partial charge in [0.2, 0.25) is 11.8 Å². The molecule has 0 saturated carbocycles. The molecule has 0 radical (unpaired) electrons. The summed E-state index contributed by atoms with van der Waals surface area (Å²) in [5.74, 6) is 0.729. The van der Waals surface area contributed by atoms with Gasteiger partial charge in [0.1, 0.15) is 18.0 Å². The van der Waals surface area contributed by atoms with E-state index in [9.17, 15) is 9.59 Å². The van der Waals surface area contributed by atoms with Crippen LogP contribution in [0.2, 0.25) is 5.02 Å². The van der Waals surface area contributed by atoms with Crippen molar-refractivity contribution in [1.82, 2.24) is 10.2 Å². The van der Waals surface area contributed by atoms with Gasteiger partial charge >= 0.3 is 0 Å². The maximum absolute atomic E-state index is 12.6. The van der Waals surface area contributed by atoms with Crippen molar-refractivity contribution in [1.29, 1.82) is 0 Å². The fourth-order valence-electron chi connectivity index (χ4n) is 2.73. The second kappa shape index (κ2) is 9.46. The molecule has 1 aromatic rings. The van der Waals surface area contributed by atoms with Gasteiger partial charge < -0.3 is 15.0 Å². The zero-order valence-electron chi connectivity index (χ0n) is 14.8. The van der Waals surface area contributed by atoms with E-state index in [0.717, 1.165) is 12.0 Å². The van der Waals surface area contributed by atoms with Crippen LogP contribution in [0.1, 0.15) is 31.2 Å². The van der Waals surface area contributed by atoms with Gasteiger partial charge in [0.05, 0.1) is 0 Å². The lowest BCUT2D eigenvalue weighted by Gasteiger charge is -2.29. The SMILES string of the molecule is COCC(=O)N1C(C(=O)NCCC(C)C)CSC1c1ccccc1Cl. The average Bonchev–Trinajstić information content (AvgIpc) is 3.00. The summed E-state index contributed by atoms with van der Waals surface area (Å²) < 4.78 is 5.01. The van der Waals surface area contributed by atoms with Gasteiger partial charge in [0, 0.05) is 30.0 Å². The number of nitrogens with one attached hydrogen (secondary N) is 1. The molecule has 1 fully saturated rings. The number of carbonyl (C=O) groups is 2. The van der Waals surface area contributed by atoms with Gasteiger partial charge in [0.25, 0.3) is 0 Å². The van der Waals surface area contributed by atoms with Crippen LogP contribution in [-0.4, -0.2) is 48.8 Å². The van der Waals surface area contributed by atoms with Crippen molar-refractivity contribution in [2.45, 2.75) is 31.7 Å². The van der Waals surface area contributed by atoms with E-state index in [1.54, 1.807) is 22.7 Å². The van der Waals surface area contributed by atoms with Gasteiger partial charge in [-0.25, -0.2) is 0 Å². The summed E-state index contributed by atoms with van der Waals surface area (Å²) in [5, 5.41) is 3.26. The average molecular weight is 385 g/mol. The lowest BCUT2D eigenvalue weighted by Crippen LogP contribution is -2.49. The Morgan fingerprint density at radius 1 is 1.40 bits per heavy atom. The summed E-state index contributed by atoms with van der Waals surface area (Å²) in [7, 11) is 1.48. The van der Waals surface area contributed by atoms with Gasteiger partial charge in [-0.2, -0.15) is 0 Å². The minimum absolute atomic E-state index is 0.0582. The molecule has 5 nitrogen and oxygen atoms in total. The first-order valence-electron chi connectivity index (χ1n) is 8.39. The van der Waals surface area contributed by atoms with Crippen molar-refractivity contribution in [3.8, 4) is 0 Å². The van der Waals surface area contributed by atoms with Gasteiger partial charge in [-0.3, -0.25) is 9.59 Å². The molecule has 2 atom stereocenters. The highest BCUT2D eigenvalue weighted by molar-refractivity contribution is 7.99. The van der Waals surface area contributed by atoms with Crippen molar-refractivity contribution in [2.75, 3.05) is 26.0 Å². The highest BCUT2D eigenvalue weighted by Gasteiger charge is 2.42. The van der Waals surface area contributed by atoms with E-state index in [0.29, 0.717) is 23.2 Å². The molecule has 0 bridgehead atoms. The summed E-state index contributed by atoms with van der Waals surface area (Å²) in [4.78, 5) is 26.8. The molecule has 0 aliphatic carbocycles. The molecule has 2 amide bonds. The minimum atomic E-state index is -0.513. The Balaban J connectivity index is 2.18. The Hall–Kier alpha value is -1.24. The second-order valence-electron chi connectivity index (χ2n) is 6.43. The van der Waals surface area contributed by atoms with E-state index in [1.165, 1.54) is 7.11 Å². The fraction of sp³-hybridized carbons (Fsp3) is 0.556. The Morgan fingerprint density at radius 3 is 2.76 bits per heavy atom. The first kappa shape index (κ1) is 20.1. The van der Waals surface area contributed by atoms with Crippen LogP contribution in [-0.2, 0) is 14.3 Å². The van der Waals surface area contributed by atoms with E-state index < -0.39 is 6.04 Å². The number of carbonyl (C=O) groups excluding carboxylic acids is 2. The van der Waals surface area contributed by atoms with Gasteiger partial charge in [-0.1, -0.05) is 43.6 Å². The van der Waals surface area contributed by atoms with E-state index >= 15 is 0 Å². The van der Waals surface area contributed by atoms with Crippen LogP contribution in [0.4, 0.5) is 0 Å². The van der Waals surface area contributed by atoms with Crippen molar-refractivity contribution >= 4 is 35.2 Å². The largest absolute Gasteiger partial charge is 0.375 e. The number of halogens is 1. The minimum Gasteiger partial charge on any atom is -0.375 e. The number of amides is 2. The Morgan fingerprint density at radius 2 is 2.12 bits per heavy atom. The molecule has 1 aliphatic rings. The first-order valence-corrected chi connectivity index (χ1v) is 9.82. The van der Waals surface area contributed by atoms with E-state index in [4.69, 9.17) is 16.3 Å². The predicted octanol–water partition coefficient (Wildman–Crippen LogP) is 3.09. The molecule has 1 aromatic carbocycles. The summed E-state index contributed by atoms with van der Waals surface area (Å²) in [5.41, 5.74) is 0.844. The Bertz CT molecular complexity index is 612. The summed E-state index contributed by atoms with van der Waals surface area (Å²) in [6.07, 6.45) is 0.908. The summed E-state index contributed by atoms with van der Waals surface area (Å²) in [6.45, 7) is 4.77. The highest BCUT2D eigenvalue weighted by atomic mass is 35.5.